The monoisotopic (exact) mass is 188 g/mol. The Kier molecular flexibility index (Phi) is 3.15. The summed E-state index contributed by atoms with van der Waals surface area (Å²) >= 11 is 0. The number of carbonyl (C=O) groups is 1. The zero-order chi connectivity index (χ0) is 10.4. The molecule has 68 valence electrons. The van der Waals surface area contributed by atoms with Gasteiger partial charge in [-0.25, -0.2) is 4.79 Å². The lowest BCUT2D eigenvalue weighted by Gasteiger charge is -1.96. The van der Waals surface area contributed by atoms with Gasteiger partial charge in [0, 0.05) is 4.91 Å². The van der Waals surface area contributed by atoms with E-state index < -0.39 is 5.91 Å². The van der Waals surface area contributed by atoms with Crippen molar-refractivity contribution in [1.29, 1.82) is 0 Å². The number of isocyanates is 1. The van der Waals surface area contributed by atoms with Gasteiger partial charge in [-0.15, -0.1) is 0 Å². The summed E-state index contributed by atoms with van der Waals surface area (Å²) in [6.07, 6.45) is 1.31. The molecule has 1 aromatic carbocycles. The smallest absolute Gasteiger partial charge is 0.251 e. The minimum absolute atomic E-state index is 0.0775. The van der Waals surface area contributed by atoms with E-state index in [4.69, 9.17) is 5.53 Å². The molecule has 0 aliphatic rings. The molecule has 0 heterocycles. The number of nitrogens with zero attached hydrogens (tertiary/aromatic N) is 4. The van der Waals surface area contributed by atoms with Gasteiger partial charge >= 0.3 is 0 Å². The lowest BCUT2D eigenvalue weighted by molar-refractivity contribution is 0.100. The van der Waals surface area contributed by atoms with Crippen LogP contribution in [0.2, 0.25) is 0 Å². The summed E-state index contributed by atoms with van der Waals surface area (Å²) in [4.78, 5) is 26.8. The fourth-order valence-electron chi connectivity index (χ4n) is 0.896. The quantitative estimate of drug-likeness (QED) is 0.233. The highest BCUT2D eigenvalue weighted by atomic mass is 16.1. The number of rotatable bonds is 2. The van der Waals surface area contributed by atoms with Crippen LogP contribution in [0.5, 0.6) is 0 Å². The molecule has 14 heavy (non-hydrogen) atoms. The fourth-order valence-corrected chi connectivity index (χ4v) is 0.896. The van der Waals surface area contributed by atoms with Crippen LogP contribution < -0.4 is 0 Å². The van der Waals surface area contributed by atoms with Crippen LogP contribution in [0.15, 0.2) is 34.4 Å². The standard InChI is InChI=1S/C8H4N4O2/c9-12-11-8(14)6-3-1-2-4-7(6)10-5-13/h1-4H. The molecule has 1 aromatic rings. The van der Waals surface area contributed by atoms with Crippen molar-refractivity contribution in [3.05, 3.63) is 40.3 Å². The van der Waals surface area contributed by atoms with Crippen molar-refractivity contribution in [1.82, 2.24) is 0 Å². The van der Waals surface area contributed by atoms with Gasteiger partial charge in [-0.1, -0.05) is 12.1 Å². The molecule has 0 fully saturated rings. The van der Waals surface area contributed by atoms with E-state index >= 15 is 0 Å². The van der Waals surface area contributed by atoms with Gasteiger partial charge in [-0.3, -0.25) is 4.79 Å². The lowest BCUT2D eigenvalue weighted by atomic mass is 10.2. The number of azide groups is 1. The number of para-hydroxylation sites is 1. The number of amides is 1. The van der Waals surface area contributed by atoms with Crippen molar-refractivity contribution in [2.45, 2.75) is 0 Å². The molecule has 1 amide bonds. The molecule has 0 aliphatic carbocycles. The number of aliphatic imine (C=N–C) groups is 1. The van der Waals surface area contributed by atoms with Gasteiger partial charge in [0.15, 0.2) is 0 Å². The number of carbonyl (C=O) groups excluding carboxylic acids is 2. The zero-order valence-corrected chi connectivity index (χ0v) is 6.91. The van der Waals surface area contributed by atoms with Gasteiger partial charge in [0.05, 0.1) is 11.3 Å². The summed E-state index contributed by atoms with van der Waals surface area (Å²) in [7, 11) is 0. The predicted molar refractivity (Wildman–Crippen MR) is 47.7 cm³/mol. The molecule has 6 nitrogen and oxygen atoms in total. The van der Waals surface area contributed by atoms with Gasteiger partial charge in [0.2, 0.25) is 6.08 Å². The van der Waals surface area contributed by atoms with Gasteiger partial charge < -0.3 is 0 Å². The van der Waals surface area contributed by atoms with Crippen molar-refractivity contribution < 1.29 is 9.59 Å². The van der Waals surface area contributed by atoms with Crippen molar-refractivity contribution in [2.24, 2.45) is 10.1 Å². The number of hydrogen-bond acceptors (Lipinski definition) is 3. The first kappa shape index (κ1) is 9.67. The molecule has 0 aliphatic heterocycles. The molecule has 0 atom stereocenters. The lowest BCUT2D eigenvalue weighted by Crippen LogP contribution is -1.92. The van der Waals surface area contributed by atoms with E-state index in [0.29, 0.717) is 0 Å². The Bertz CT molecular complexity index is 456. The molecule has 0 aromatic heterocycles. The van der Waals surface area contributed by atoms with Crippen LogP contribution in [0.3, 0.4) is 0 Å². The van der Waals surface area contributed by atoms with E-state index in [-0.39, 0.29) is 11.3 Å². The van der Waals surface area contributed by atoms with Crippen molar-refractivity contribution in [2.75, 3.05) is 0 Å². The Hall–Kier alpha value is -2.42. The molecular formula is C8H4N4O2. The van der Waals surface area contributed by atoms with Gasteiger partial charge in [0.25, 0.3) is 5.91 Å². The summed E-state index contributed by atoms with van der Waals surface area (Å²) in [6.45, 7) is 0. The predicted octanol–water partition coefficient (Wildman–Crippen LogP) is 2.10. The summed E-state index contributed by atoms with van der Waals surface area (Å²) in [6, 6.07) is 6.03. The Morgan fingerprint density at radius 1 is 1.43 bits per heavy atom. The highest BCUT2D eigenvalue weighted by molar-refractivity contribution is 5.99. The largest absolute Gasteiger partial charge is 0.287 e. The highest BCUT2D eigenvalue weighted by Crippen LogP contribution is 2.18. The van der Waals surface area contributed by atoms with Crippen LogP contribution >= 0.6 is 0 Å². The molecule has 0 bridgehead atoms. The molecule has 0 radical (unpaired) electrons. The average Bonchev–Trinajstić information content (AvgIpc) is 2.19. The zero-order valence-electron chi connectivity index (χ0n) is 6.91. The summed E-state index contributed by atoms with van der Waals surface area (Å²) < 4.78 is 0. The Labute approximate surface area is 78.5 Å². The van der Waals surface area contributed by atoms with Crippen LogP contribution in [0.1, 0.15) is 10.4 Å². The minimum atomic E-state index is -0.776. The molecule has 0 spiro atoms. The van der Waals surface area contributed by atoms with Gasteiger partial charge in [-0.05, 0) is 22.8 Å². The first-order valence-electron chi connectivity index (χ1n) is 3.56. The molecule has 6 heteroatoms. The van der Waals surface area contributed by atoms with Crippen molar-refractivity contribution >= 4 is 17.7 Å². The topological polar surface area (TPSA) is 95.3 Å². The van der Waals surface area contributed by atoms with Crippen LogP contribution in [-0.2, 0) is 4.79 Å². The molecule has 1 rings (SSSR count). The van der Waals surface area contributed by atoms with E-state index in [1.54, 1.807) is 12.1 Å². The summed E-state index contributed by atoms with van der Waals surface area (Å²) in [5, 5.41) is 2.89. The van der Waals surface area contributed by atoms with Crippen LogP contribution in [-0.4, -0.2) is 12.0 Å². The van der Waals surface area contributed by atoms with E-state index in [1.165, 1.54) is 18.2 Å². The maximum Gasteiger partial charge on any atom is 0.251 e. The van der Waals surface area contributed by atoms with E-state index in [2.05, 4.69) is 15.0 Å². The fraction of sp³-hybridized carbons (Fsp3) is 0. The third kappa shape index (κ3) is 2.04. The average molecular weight is 188 g/mol. The second kappa shape index (κ2) is 4.57. The maximum absolute atomic E-state index is 11.1. The van der Waals surface area contributed by atoms with E-state index in [1.807, 2.05) is 0 Å². The molecule has 0 N–H and O–H groups in total. The number of benzene rings is 1. The second-order valence-electron chi connectivity index (χ2n) is 2.21. The molecular weight excluding hydrogens is 184 g/mol. The Morgan fingerprint density at radius 2 is 2.14 bits per heavy atom. The van der Waals surface area contributed by atoms with Crippen molar-refractivity contribution in [3.8, 4) is 0 Å². The molecule has 0 saturated carbocycles. The SMILES string of the molecule is [N-]=[N+]=NC(=O)c1ccccc1N=C=O. The first-order chi connectivity index (χ1) is 6.79. The van der Waals surface area contributed by atoms with Crippen molar-refractivity contribution in [3.63, 3.8) is 0 Å². The van der Waals surface area contributed by atoms with E-state index in [0.717, 1.165) is 0 Å². The normalized spacial score (nSPS) is 8.29. The first-order valence-corrected chi connectivity index (χ1v) is 3.56. The third-order valence-electron chi connectivity index (χ3n) is 1.44. The van der Waals surface area contributed by atoms with Gasteiger partial charge in [0.1, 0.15) is 0 Å². The number of hydrogen-bond donors (Lipinski definition) is 0. The van der Waals surface area contributed by atoms with Crippen LogP contribution in [0, 0.1) is 0 Å². The Morgan fingerprint density at radius 3 is 2.79 bits per heavy atom. The van der Waals surface area contributed by atoms with Crippen LogP contribution in [0.25, 0.3) is 10.4 Å². The summed E-state index contributed by atoms with van der Waals surface area (Å²) in [5.41, 5.74) is 8.26. The van der Waals surface area contributed by atoms with Gasteiger partial charge in [-0.2, -0.15) is 4.99 Å². The summed E-state index contributed by atoms with van der Waals surface area (Å²) in [5.74, 6) is -0.776. The molecule has 0 unspecified atom stereocenters. The second-order valence-corrected chi connectivity index (χ2v) is 2.21. The third-order valence-corrected chi connectivity index (χ3v) is 1.44. The maximum atomic E-state index is 11.1. The van der Waals surface area contributed by atoms with E-state index in [9.17, 15) is 9.59 Å². The Balaban J connectivity index is 3.25. The molecule has 0 saturated heterocycles. The minimum Gasteiger partial charge on any atom is -0.287 e. The highest BCUT2D eigenvalue weighted by Gasteiger charge is 2.07. The van der Waals surface area contributed by atoms with Crippen LogP contribution in [0.4, 0.5) is 5.69 Å².